The smallest absolute Gasteiger partial charge is 0.167 e. The van der Waals surface area contributed by atoms with E-state index in [1.807, 2.05) is 6.07 Å². The molecule has 2 nitrogen and oxygen atoms in total. The number of nitrogens with zero attached hydrogens (tertiary/aromatic N) is 1. The van der Waals surface area contributed by atoms with Gasteiger partial charge in [0.25, 0.3) is 0 Å². The number of alkyl halides is 1. The zero-order valence-electron chi connectivity index (χ0n) is 9.66. The summed E-state index contributed by atoms with van der Waals surface area (Å²) in [5, 5.41) is 9.15. The van der Waals surface area contributed by atoms with E-state index < -0.39 is 11.6 Å². The monoisotopic (exact) mass is 323 g/mol. The second-order valence-corrected chi connectivity index (χ2v) is 4.32. The van der Waals surface area contributed by atoms with Crippen molar-refractivity contribution in [2.45, 2.75) is 5.33 Å². The molecule has 19 heavy (non-hydrogen) atoms. The van der Waals surface area contributed by atoms with Crippen LogP contribution in [-0.4, -0.2) is 0 Å². The predicted molar refractivity (Wildman–Crippen MR) is 70.2 cm³/mol. The summed E-state index contributed by atoms with van der Waals surface area (Å²) in [6.07, 6.45) is 0. The van der Waals surface area contributed by atoms with Crippen LogP contribution in [0.3, 0.4) is 0 Å². The van der Waals surface area contributed by atoms with Gasteiger partial charge in [0.2, 0.25) is 0 Å². The predicted octanol–water partition coefficient (Wildman–Crippen LogP) is 4.52. The number of hydrogen-bond donors (Lipinski definition) is 0. The summed E-state index contributed by atoms with van der Waals surface area (Å²) >= 11 is 3.21. The number of nitriles is 1. The van der Waals surface area contributed by atoms with Gasteiger partial charge in [0.05, 0.1) is 11.6 Å². The summed E-state index contributed by atoms with van der Waals surface area (Å²) in [6, 6.07) is 9.98. The number of benzene rings is 2. The molecule has 0 aliphatic carbocycles. The van der Waals surface area contributed by atoms with Crippen LogP contribution >= 0.6 is 15.9 Å². The van der Waals surface area contributed by atoms with Crippen LogP contribution in [0.2, 0.25) is 0 Å². The summed E-state index contributed by atoms with van der Waals surface area (Å²) in [5.74, 6) is -1.46. The Hall–Kier alpha value is -1.93. The quantitative estimate of drug-likeness (QED) is 0.778. The molecule has 2 aromatic carbocycles. The Bertz CT molecular complexity index is 652. The highest BCUT2D eigenvalue weighted by atomic mass is 79.9. The number of halogens is 3. The Kier molecular flexibility index (Phi) is 4.13. The van der Waals surface area contributed by atoms with E-state index >= 15 is 0 Å². The fourth-order valence-electron chi connectivity index (χ4n) is 1.48. The molecule has 0 unspecified atom stereocenters. The molecule has 0 atom stereocenters. The van der Waals surface area contributed by atoms with E-state index in [9.17, 15) is 8.78 Å². The van der Waals surface area contributed by atoms with Crippen LogP contribution in [0.15, 0.2) is 36.4 Å². The van der Waals surface area contributed by atoms with E-state index in [0.29, 0.717) is 5.33 Å². The molecular weight excluding hydrogens is 316 g/mol. The SMILES string of the molecule is N#Cc1ccc(Oc2ccc(CBr)cc2F)c(F)c1. The normalized spacial score (nSPS) is 10.0. The average molecular weight is 324 g/mol. The molecule has 0 saturated heterocycles. The van der Waals surface area contributed by atoms with Gasteiger partial charge in [0.1, 0.15) is 0 Å². The molecule has 0 bridgehead atoms. The first kappa shape index (κ1) is 13.5. The fraction of sp³-hybridized carbons (Fsp3) is 0.0714. The Morgan fingerprint density at radius 2 is 1.68 bits per heavy atom. The molecule has 0 radical (unpaired) electrons. The third-order valence-electron chi connectivity index (χ3n) is 2.43. The van der Waals surface area contributed by atoms with Crippen LogP contribution in [0, 0.1) is 23.0 Å². The molecule has 0 saturated carbocycles. The van der Waals surface area contributed by atoms with Crippen molar-refractivity contribution < 1.29 is 13.5 Å². The molecule has 0 aliphatic rings. The first-order valence-corrected chi connectivity index (χ1v) is 6.48. The molecule has 0 aromatic heterocycles. The second-order valence-electron chi connectivity index (χ2n) is 3.76. The van der Waals surface area contributed by atoms with Crippen molar-refractivity contribution >= 4 is 15.9 Å². The number of hydrogen-bond acceptors (Lipinski definition) is 2. The highest BCUT2D eigenvalue weighted by Crippen LogP contribution is 2.28. The van der Waals surface area contributed by atoms with Crippen LogP contribution in [0.5, 0.6) is 11.5 Å². The van der Waals surface area contributed by atoms with Gasteiger partial charge in [0.15, 0.2) is 23.1 Å². The number of rotatable bonds is 3. The third-order valence-corrected chi connectivity index (χ3v) is 3.08. The molecule has 5 heteroatoms. The standard InChI is InChI=1S/C14H8BrF2NO/c15-7-9-1-3-13(11(16)5-9)19-14-4-2-10(8-18)6-12(14)17/h1-6H,7H2. The largest absolute Gasteiger partial charge is 0.451 e. The van der Waals surface area contributed by atoms with Crippen molar-refractivity contribution in [1.82, 2.24) is 0 Å². The second kappa shape index (κ2) is 5.81. The Balaban J connectivity index is 2.29. The maximum Gasteiger partial charge on any atom is 0.167 e. The van der Waals surface area contributed by atoms with E-state index in [2.05, 4.69) is 15.9 Å². The highest BCUT2D eigenvalue weighted by Gasteiger charge is 2.10. The minimum absolute atomic E-state index is 0.0618. The molecule has 2 rings (SSSR count). The molecule has 96 valence electrons. The van der Waals surface area contributed by atoms with Crippen molar-refractivity contribution in [3.8, 4) is 17.6 Å². The van der Waals surface area contributed by atoms with E-state index in [-0.39, 0.29) is 17.1 Å². The van der Waals surface area contributed by atoms with Gasteiger partial charge in [-0.1, -0.05) is 22.0 Å². The van der Waals surface area contributed by atoms with Crippen molar-refractivity contribution in [3.05, 3.63) is 59.2 Å². The molecule has 0 aliphatic heterocycles. The zero-order chi connectivity index (χ0) is 13.8. The van der Waals surface area contributed by atoms with E-state index in [0.717, 1.165) is 11.6 Å². The van der Waals surface area contributed by atoms with Gasteiger partial charge in [-0.05, 0) is 35.9 Å². The van der Waals surface area contributed by atoms with Crippen LogP contribution in [0.1, 0.15) is 11.1 Å². The Morgan fingerprint density at radius 3 is 2.21 bits per heavy atom. The summed E-state index contributed by atoms with van der Waals surface area (Å²) in [4.78, 5) is 0. The number of ether oxygens (including phenoxy) is 1. The summed E-state index contributed by atoms with van der Waals surface area (Å²) in [5.41, 5.74) is 0.935. The molecule has 0 N–H and O–H groups in total. The third kappa shape index (κ3) is 3.09. The molecule has 0 fully saturated rings. The average Bonchev–Trinajstić information content (AvgIpc) is 2.42. The van der Waals surface area contributed by atoms with Crippen LogP contribution in [0.25, 0.3) is 0 Å². The van der Waals surface area contributed by atoms with Crippen molar-refractivity contribution in [2.24, 2.45) is 0 Å². The lowest BCUT2D eigenvalue weighted by Crippen LogP contribution is -1.93. The van der Waals surface area contributed by atoms with E-state index in [4.69, 9.17) is 10.00 Å². The minimum atomic E-state index is -0.706. The first-order chi connectivity index (χ1) is 9.13. The first-order valence-electron chi connectivity index (χ1n) is 5.36. The Labute approximate surface area is 117 Å². The van der Waals surface area contributed by atoms with E-state index in [1.165, 1.54) is 24.3 Å². The lowest BCUT2D eigenvalue weighted by molar-refractivity contribution is 0.414. The molecule has 0 heterocycles. The fourth-order valence-corrected chi connectivity index (χ4v) is 1.83. The van der Waals surface area contributed by atoms with Crippen molar-refractivity contribution in [1.29, 1.82) is 5.26 Å². The molecule has 0 spiro atoms. The van der Waals surface area contributed by atoms with E-state index in [1.54, 1.807) is 6.07 Å². The molecule has 2 aromatic rings. The van der Waals surface area contributed by atoms with Crippen LogP contribution < -0.4 is 4.74 Å². The minimum Gasteiger partial charge on any atom is -0.451 e. The maximum absolute atomic E-state index is 13.7. The lowest BCUT2D eigenvalue weighted by atomic mass is 10.2. The Morgan fingerprint density at radius 1 is 1.05 bits per heavy atom. The summed E-state index contributed by atoms with van der Waals surface area (Å²) < 4.78 is 32.4. The van der Waals surface area contributed by atoms with Gasteiger partial charge in [-0.3, -0.25) is 0 Å². The van der Waals surface area contributed by atoms with Crippen LogP contribution in [-0.2, 0) is 5.33 Å². The highest BCUT2D eigenvalue weighted by molar-refractivity contribution is 9.08. The maximum atomic E-state index is 13.7. The topological polar surface area (TPSA) is 33.0 Å². The van der Waals surface area contributed by atoms with Gasteiger partial charge in [-0.15, -0.1) is 0 Å². The summed E-state index contributed by atoms with van der Waals surface area (Å²) in [7, 11) is 0. The van der Waals surface area contributed by atoms with Crippen molar-refractivity contribution in [3.63, 3.8) is 0 Å². The summed E-state index contributed by atoms with van der Waals surface area (Å²) in [6.45, 7) is 0. The van der Waals surface area contributed by atoms with Gasteiger partial charge in [-0.2, -0.15) is 5.26 Å². The lowest BCUT2D eigenvalue weighted by Gasteiger charge is -2.08. The van der Waals surface area contributed by atoms with Gasteiger partial charge < -0.3 is 4.74 Å². The van der Waals surface area contributed by atoms with Crippen LogP contribution in [0.4, 0.5) is 8.78 Å². The molecule has 0 amide bonds. The van der Waals surface area contributed by atoms with Gasteiger partial charge in [-0.25, -0.2) is 8.78 Å². The van der Waals surface area contributed by atoms with Gasteiger partial charge >= 0.3 is 0 Å². The van der Waals surface area contributed by atoms with Crippen molar-refractivity contribution in [2.75, 3.05) is 0 Å². The molecular formula is C14H8BrF2NO. The zero-order valence-corrected chi connectivity index (χ0v) is 11.2. The van der Waals surface area contributed by atoms with Gasteiger partial charge in [0, 0.05) is 5.33 Å².